The van der Waals surface area contributed by atoms with Crippen molar-refractivity contribution < 1.29 is 28.9 Å². The summed E-state index contributed by atoms with van der Waals surface area (Å²) < 4.78 is 16.4. The number of aliphatic hydroxyl groups is 1. The number of methoxy groups -OCH3 is 2. The lowest BCUT2D eigenvalue weighted by Gasteiger charge is -2.25. The third-order valence-electron chi connectivity index (χ3n) is 5.92. The number of benzene rings is 3. The maximum absolute atomic E-state index is 13.2. The minimum Gasteiger partial charge on any atom is -0.507 e. The number of ether oxygens (including phenoxy) is 3. The third kappa shape index (κ3) is 4.90. The molecule has 0 spiro atoms. The van der Waals surface area contributed by atoms with Gasteiger partial charge in [0.25, 0.3) is 11.7 Å². The third-order valence-corrected chi connectivity index (χ3v) is 5.92. The van der Waals surface area contributed by atoms with Crippen LogP contribution in [0.4, 0.5) is 0 Å². The zero-order valence-corrected chi connectivity index (χ0v) is 19.9. The minimum absolute atomic E-state index is 0.0243. The van der Waals surface area contributed by atoms with E-state index < -0.39 is 17.7 Å². The highest BCUT2D eigenvalue weighted by molar-refractivity contribution is 6.46. The van der Waals surface area contributed by atoms with Gasteiger partial charge < -0.3 is 24.2 Å². The number of likely N-dealkylation sites (tertiary alicyclic amines) is 1. The van der Waals surface area contributed by atoms with Crippen LogP contribution in [0, 0.1) is 6.92 Å². The number of ketones is 1. The number of Topliss-reactive ketones (excluding diaryl/α,β-unsaturated/α-hetero) is 1. The van der Waals surface area contributed by atoms with Gasteiger partial charge in [0.2, 0.25) is 0 Å². The van der Waals surface area contributed by atoms with E-state index >= 15 is 0 Å². The molecule has 1 unspecified atom stereocenters. The average Bonchev–Trinajstić information content (AvgIpc) is 3.12. The van der Waals surface area contributed by atoms with Crippen LogP contribution < -0.4 is 9.47 Å². The maximum atomic E-state index is 13.2. The van der Waals surface area contributed by atoms with Gasteiger partial charge in [-0.1, -0.05) is 30.3 Å². The molecule has 0 aliphatic carbocycles. The van der Waals surface area contributed by atoms with E-state index in [-0.39, 0.29) is 24.5 Å². The molecule has 1 aliphatic rings. The summed E-state index contributed by atoms with van der Waals surface area (Å²) >= 11 is 0. The fraction of sp³-hybridized carbons (Fsp3) is 0.214. The lowest BCUT2D eigenvalue weighted by Crippen LogP contribution is -2.32. The number of carbonyl (C=O) groups excluding carboxylic acids is 2. The highest BCUT2D eigenvalue weighted by atomic mass is 16.5. The number of hydrogen-bond donors (Lipinski definition) is 1. The molecule has 0 saturated carbocycles. The molecule has 3 aromatic carbocycles. The Morgan fingerprint density at radius 1 is 0.914 bits per heavy atom. The van der Waals surface area contributed by atoms with Crippen molar-refractivity contribution in [2.45, 2.75) is 13.0 Å². The summed E-state index contributed by atoms with van der Waals surface area (Å²) in [6, 6.07) is 20.8. The predicted octanol–water partition coefficient (Wildman–Crippen LogP) is 4.86. The van der Waals surface area contributed by atoms with Gasteiger partial charge in [-0.3, -0.25) is 9.59 Å². The van der Waals surface area contributed by atoms with E-state index in [1.165, 1.54) is 12.0 Å². The van der Waals surface area contributed by atoms with Crippen molar-refractivity contribution in [1.29, 1.82) is 0 Å². The quantitative estimate of drug-likeness (QED) is 0.286. The predicted molar refractivity (Wildman–Crippen MR) is 132 cm³/mol. The van der Waals surface area contributed by atoms with Gasteiger partial charge >= 0.3 is 0 Å². The smallest absolute Gasteiger partial charge is 0.295 e. The molecule has 180 valence electrons. The number of hydrogen-bond acceptors (Lipinski definition) is 6. The number of aliphatic hydroxyl groups excluding tert-OH is 1. The number of para-hydroxylation sites is 1. The van der Waals surface area contributed by atoms with E-state index in [9.17, 15) is 14.7 Å². The van der Waals surface area contributed by atoms with Crippen molar-refractivity contribution in [1.82, 2.24) is 4.90 Å². The topological polar surface area (TPSA) is 85.3 Å². The molecule has 1 heterocycles. The first-order valence-electron chi connectivity index (χ1n) is 11.2. The molecule has 1 aliphatic heterocycles. The highest BCUT2D eigenvalue weighted by Gasteiger charge is 2.46. The summed E-state index contributed by atoms with van der Waals surface area (Å²) in [5.41, 5.74) is 1.83. The monoisotopic (exact) mass is 473 g/mol. The van der Waals surface area contributed by atoms with Crippen molar-refractivity contribution in [3.63, 3.8) is 0 Å². The van der Waals surface area contributed by atoms with Crippen LogP contribution in [0.2, 0.25) is 0 Å². The van der Waals surface area contributed by atoms with Gasteiger partial charge in [0.15, 0.2) is 0 Å². The minimum atomic E-state index is -0.800. The SMILES string of the molecule is COCCN1C(=O)C(=O)/C(=C(\O)c2ccc(OC)cc2C)C1c1cccc(Oc2ccccc2)c1. The van der Waals surface area contributed by atoms with E-state index in [2.05, 4.69) is 0 Å². The lowest BCUT2D eigenvalue weighted by atomic mass is 9.93. The van der Waals surface area contributed by atoms with Gasteiger partial charge in [0.05, 0.1) is 25.3 Å². The van der Waals surface area contributed by atoms with Crippen LogP contribution in [0.3, 0.4) is 0 Å². The van der Waals surface area contributed by atoms with Crippen LogP contribution in [0.5, 0.6) is 17.2 Å². The Morgan fingerprint density at radius 3 is 2.34 bits per heavy atom. The number of carbonyl (C=O) groups is 2. The van der Waals surface area contributed by atoms with Gasteiger partial charge in [0.1, 0.15) is 23.0 Å². The van der Waals surface area contributed by atoms with Crippen molar-refractivity contribution >= 4 is 17.4 Å². The molecule has 35 heavy (non-hydrogen) atoms. The number of rotatable bonds is 8. The molecule has 4 rings (SSSR count). The Bertz CT molecular complexity index is 1270. The summed E-state index contributed by atoms with van der Waals surface area (Å²) in [4.78, 5) is 27.6. The van der Waals surface area contributed by atoms with Gasteiger partial charge in [-0.25, -0.2) is 0 Å². The van der Waals surface area contributed by atoms with E-state index in [1.807, 2.05) is 43.3 Å². The summed E-state index contributed by atoms with van der Waals surface area (Å²) in [5, 5.41) is 11.3. The summed E-state index contributed by atoms with van der Waals surface area (Å²) in [6.45, 7) is 2.24. The molecular weight excluding hydrogens is 446 g/mol. The van der Waals surface area contributed by atoms with E-state index in [1.54, 1.807) is 43.5 Å². The molecule has 1 amide bonds. The molecule has 3 aromatic rings. The fourth-order valence-corrected chi connectivity index (χ4v) is 4.19. The van der Waals surface area contributed by atoms with Crippen molar-refractivity contribution in [2.75, 3.05) is 27.4 Å². The summed E-state index contributed by atoms with van der Waals surface area (Å²) in [5.74, 6) is 0.172. The van der Waals surface area contributed by atoms with Crippen LogP contribution >= 0.6 is 0 Å². The van der Waals surface area contributed by atoms with Crippen molar-refractivity contribution in [3.05, 3.63) is 95.1 Å². The first-order valence-corrected chi connectivity index (χ1v) is 11.2. The van der Waals surface area contributed by atoms with E-state index in [0.29, 0.717) is 33.9 Å². The van der Waals surface area contributed by atoms with Crippen LogP contribution in [-0.2, 0) is 14.3 Å². The Kier molecular flexibility index (Phi) is 7.17. The number of amides is 1. The Labute approximate surface area is 204 Å². The standard InChI is InChI=1S/C28H27NO6/c1-18-16-21(34-3)12-13-23(18)26(30)24-25(29(14-15-33-2)28(32)27(24)31)19-8-7-11-22(17-19)35-20-9-5-4-6-10-20/h4-13,16-17,25,30H,14-15H2,1-3H3/b26-24-. The Morgan fingerprint density at radius 2 is 1.66 bits per heavy atom. The van der Waals surface area contributed by atoms with Crippen LogP contribution in [0.1, 0.15) is 22.7 Å². The molecule has 0 aromatic heterocycles. The first-order chi connectivity index (χ1) is 16.9. The molecule has 1 saturated heterocycles. The lowest BCUT2D eigenvalue weighted by molar-refractivity contribution is -0.140. The van der Waals surface area contributed by atoms with E-state index in [0.717, 1.165) is 0 Å². The second-order valence-electron chi connectivity index (χ2n) is 8.15. The molecule has 0 bridgehead atoms. The molecule has 1 fully saturated rings. The maximum Gasteiger partial charge on any atom is 0.295 e. The largest absolute Gasteiger partial charge is 0.507 e. The van der Waals surface area contributed by atoms with Gasteiger partial charge in [-0.15, -0.1) is 0 Å². The van der Waals surface area contributed by atoms with Gasteiger partial charge in [0, 0.05) is 19.2 Å². The Balaban J connectivity index is 1.82. The molecule has 0 radical (unpaired) electrons. The summed E-state index contributed by atoms with van der Waals surface area (Å²) in [7, 11) is 3.08. The van der Waals surface area contributed by atoms with Gasteiger partial charge in [-0.2, -0.15) is 0 Å². The van der Waals surface area contributed by atoms with Crippen LogP contribution in [0.25, 0.3) is 5.76 Å². The second kappa shape index (κ2) is 10.4. The normalized spacial score (nSPS) is 17.0. The number of nitrogens with zero attached hydrogens (tertiary/aromatic N) is 1. The molecular formula is C28H27NO6. The van der Waals surface area contributed by atoms with Crippen molar-refractivity contribution in [2.24, 2.45) is 0 Å². The molecule has 1 atom stereocenters. The summed E-state index contributed by atoms with van der Waals surface area (Å²) in [6.07, 6.45) is 0. The van der Waals surface area contributed by atoms with Crippen LogP contribution in [-0.4, -0.2) is 49.1 Å². The fourth-order valence-electron chi connectivity index (χ4n) is 4.19. The highest BCUT2D eigenvalue weighted by Crippen LogP contribution is 2.41. The molecule has 7 nitrogen and oxygen atoms in total. The molecule has 7 heteroatoms. The zero-order chi connectivity index (χ0) is 24.9. The second-order valence-corrected chi connectivity index (χ2v) is 8.15. The zero-order valence-electron chi connectivity index (χ0n) is 19.9. The van der Waals surface area contributed by atoms with Crippen molar-refractivity contribution in [3.8, 4) is 17.2 Å². The first kappa shape index (κ1) is 24.0. The number of aryl methyl sites for hydroxylation is 1. The Hall–Kier alpha value is -4.10. The van der Waals surface area contributed by atoms with Gasteiger partial charge in [-0.05, 0) is 60.5 Å². The van der Waals surface area contributed by atoms with E-state index in [4.69, 9.17) is 14.2 Å². The molecule has 1 N–H and O–H groups in total. The average molecular weight is 474 g/mol. The van der Waals surface area contributed by atoms with Crippen LogP contribution in [0.15, 0.2) is 78.4 Å².